The molecule has 0 radical (unpaired) electrons. The number of rotatable bonds is 7. The molecule has 2 N–H and O–H groups in total. The van der Waals surface area contributed by atoms with E-state index in [4.69, 9.17) is 16.1 Å². The Hall–Kier alpha value is -4.30. The Balaban J connectivity index is 1.51. The highest BCUT2D eigenvalue weighted by atomic mass is 35.5. The number of nitrogens with one attached hydrogen (secondary N) is 2. The van der Waals surface area contributed by atoms with Gasteiger partial charge in [-0.1, -0.05) is 35.0 Å². The zero-order valence-corrected chi connectivity index (χ0v) is 20.5. The molecule has 3 heterocycles. The lowest BCUT2D eigenvalue weighted by atomic mass is 10.0. The van der Waals surface area contributed by atoms with Gasteiger partial charge < -0.3 is 15.2 Å². The summed E-state index contributed by atoms with van der Waals surface area (Å²) in [5, 5.41) is 11.7. The molecule has 0 unspecified atom stereocenters. The second-order valence-corrected chi connectivity index (χ2v) is 8.78. The van der Waals surface area contributed by atoms with Crippen LogP contribution >= 0.6 is 11.6 Å². The SMILES string of the molecule is Cc1noc(C)c1-c1ccc2nc(C(=O)NCc3ccncc3)nc(NCc3cccc(Cl)c3)c2c1. The lowest BCUT2D eigenvalue weighted by Crippen LogP contribution is -2.25. The summed E-state index contributed by atoms with van der Waals surface area (Å²) in [5.41, 5.74) is 5.22. The molecule has 36 heavy (non-hydrogen) atoms. The highest BCUT2D eigenvalue weighted by Gasteiger charge is 2.17. The summed E-state index contributed by atoms with van der Waals surface area (Å²) in [4.78, 5) is 26.1. The molecule has 8 nitrogen and oxygen atoms in total. The van der Waals surface area contributed by atoms with Crippen LogP contribution in [0.15, 0.2) is 71.5 Å². The molecule has 180 valence electrons. The van der Waals surface area contributed by atoms with Crippen LogP contribution in [-0.2, 0) is 13.1 Å². The van der Waals surface area contributed by atoms with E-state index < -0.39 is 0 Å². The average molecular weight is 499 g/mol. The number of anilines is 1. The summed E-state index contributed by atoms with van der Waals surface area (Å²) in [7, 11) is 0. The lowest BCUT2D eigenvalue weighted by molar-refractivity contribution is 0.0941. The van der Waals surface area contributed by atoms with Gasteiger partial charge in [0.15, 0.2) is 0 Å². The van der Waals surface area contributed by atoms with Crippen molar-refractivity contribution in [1.29, 1.82) is 0 Å². The molecule has 0 aliphatic rings. The number of carbonyl (C=O) groups excluding carboxylic acids is 1. The topological polar surface area (TPSA) is 106 Å². The van der Waals surface area contributed by atoms with E-state index in [2.05, 4.69) is 30.7 Å². The molecule has 5 rings (SSSR count). The van der Waals surface area contributed by atoms with Crippen LogP contribution in [0.5, 0.6) is 0 Å². The number of nitrogens with zero attached hydrogens (tertiary/aromatic N) is 4. The van der Waals surface area contributed by atoms with E-state index >= 15 is 0 Å². The predicted octanol–water partition coefficient (Wildman–Crippen LogP) is 5.49. The predicted molar refractivity (Wildman–Crippen MR) is 139 cm³/mol. The molecule has 0 fully saturated rings. The fourth-order valence-corrected chi connectivity index (χ4v) is 4.22. The van der Waals surface area contributed by atoms with E-state index in [1.165, 1.54) is 0 Å². The summed E-state index contributed by atoms with van der Waals surface area (Å²) in [6.07, 6.45) is 3.37. The summed E-state index contributed by atoms with van der Waals surface area (Å²) in [6.45, 7) is 4.60. The second-order valence-electron chi connectivity index (χ2n) is 8.35. The molecule has 0 spiro atoms. The number of hydrogen-bond acceptors (Lipinski definition) is 7. The number of amides is 1. The average Bonchev–Trinajstić information content (AvgIpc) is 3.23. The van der Waals surface area contributed by atoms with Crippen molar-refractivity contribution in [2.75, 3.05) is 5.32 Å². The summed E-state index contributed by atoms with van der Waals surface area (Å²) in [6, 6.07) is 17.1. The van der Waals surface area contributed by atoms with Crippen molar-refractivity contribution in [2.24, 2.45) is 0 Å². The van der Waals surface area contributed by atoms with Gasteiger partial charge in [0, 0.05) is 41.5 Å². The van der Waals surface area contributed by atoms with Crippen molar-refractivity contribution in [3.8, 4) is 11.1 Å². The van der Waals surface area contributed by atoms with Gasteiger partial charge in [-0.2, -0.15) is 0 Å². The zero-order valence-electron chi connectivity index (χ0n) is 19.7. The normalized spacial score (nSPS) is 11.0. The van der Waals surface area contributed by atoms with Gasteiger partial charge in [0.1, 0.15) is 11.6 Å². The summed E-state index contributed by atoms with van der Waals surface area (Å²) >= 11 is 6.16. The molecule has 0 aliphatic heterocycles. The van der Waals surface area contributed by atoms with E-state index in [9.17, 15) is 4.79 Å². The van der Waals surface area contributed by atoms with Crippen LogP contribution in [-0.4, -0.2) is 26.0 Å². The van der Waals surface area contributed by atoms with E-state index in [1.54, 1.807) is 12.4 Å². The van der Waals surface area contributed by atoms with Crippen molar-refractivity contribution < 1.29 is 9.32 Å². The minimum absolute atomic E-state index is 0.0789. The first kappa shape index (κ1) is 23.4. The van der Waals surface area contributed by atoms with Crippen molar-refractivity contribution in [3.63, 3.8) is 0 Å². The Labute approximate surface area is 212 Å². The van der Waals surface area contributed by atoms with Gasteiger partial charge in [-0.25, -0.2) is 9.97 Å². The van der Waals surface area contributed by atoms with Gasteiger partial charge in [-0.3, -0.25) is 9.78 Å². The lowest BCUT2D eigenvalue weighted by Gasteiger charge is -2.13. The Morgan fingerprint density at radius 2 is 1.81 bits per heavy atom. The molecule has 5 aromatic rings. The molecular formula is C27H23ClN6O2. The second kappa shape index (κ2) is 10.1. The maximum absolute atomic E-state index is 13.0. The first-order valence-electron chi connectivity index (χ1n) is 11.4. The Morgan fingerprint density at radius 3 is 2.56 bits per heavy atom. The Morgan fingerprint density at radius 1 is 0.972 bits per heavy atom. The summed E-state index contributed by atoms with van der Waals surface area (Å²) < 4.78 is 5.36. The highest BCUT2D eigenvalue weighted by Crippen LogP contribution is 2.31. The largest absolute Gasteiger partial charge is 0.365 e. The highest BCUT2D eigenvalue weighted by molar-refractivity contribution is 6.30. The fraction of sp³-hybridized carbons (Fsp3) is 0.148. The minimum Gasteiger partial charge on any atom is -0.365 e. The van der Waals surface area contributed by atoms with Crippen LogP contribution in [0.2, 0.25) is 5.02 Å². The monoisotopic (exact) mass is 498 g/mol. The van der Waals surface area contributed by atoms with E-state index in [1.807, 2.05) is 68.4 Å². The number of hydrogen-bond donors (Lipinski definition) is 2. The van der Waals surface area contributed by atoms with E-state index in [0.717, 1.165) is 39.1 Å². The van der Waals surface area contributed by atoms with Gasteiger partial charge in [-0.05, 0) is 66.9 Å². The van der Waals surface area contributed by atoms with Crippen LogP contribution < -0.4 is 10.6 Å². The standard InChI is InChI=1S/C27H23ClN6O2/c1-16-24(17(2)36-34-16)20-6-7-23-22(13-20)25(30-15-19-4-3-5-21(28)12-19)33-26(32-23)27(35)31-14-18-8-10-29-11-9-18/h3-13H,14-15H2,1-2H3,(H,31,35)(H,30,32,33). The van der Waals surface area contributed by atoms with Crippen molar-refractivity contribution in [3.05, 3.63) is 100 Å². The summed E-state index contributed by atoms with van der Waals surface area (Å²) in [5.74, 6) is 0.987. The van der Waals surface area contributed by atoms with Crippen molar-refractivity contribution >= 4 is 34.2 Å². The van der Waals surface area contributed by atoms with E-state index in [-0.39, 0.29) is 11.7 Å². The molecule has 2 aromatic carbocycles. The molecule has 0 atom stereocenters. The molecule has 1 amide bonds. The number of carbonyl (C=O) groups is 1. The minimum atomic E-state index is -0.366. The van der Waals surface area contributed by atoms with Crippen LogP contribution in [0, 0.1) is 13.8 Å². The molecule has 0 saturated carbocycles. The third kappa shape index (κ3) is 5.04. The molecule has 0 bridgehead atoms. The maximum atomic E-state index is 13.0. The Kier molecular flexibility index (Phi) is 6.60. The first-order chi connectivity index (χ1) is 17.5. The van der Waals surface area contributed by atoms with Crippen LogP contribution in [0.25, 0.3) is 22.0 Å². The van der Waals surface area contributed by atoms with Crippen LogP contribution in [0.1, 0.15) is 33.2 Å². The molecule has 3 aromatic heterocycles. The van der Waals surface area contributed by atoms with Crippen LogP contribution in [0.4, 0.5) is 5.82 Å². The number of aromatic nitrogens is 4. The van der Waals surface area contributed by atoms with E-state index in [0.29, 0.717) is 29.4 Å². The zero-order chi connectivity index (χ0) is 25.1. The smallest absolute Gasteiger partial charge is 0.289 e. The van der Waals surface area contributed by atoms with Gasteiger partial charge in [0.25, 0.3) is 5.91 Å². The number of benzene rings is 2. The first-order valence-corrected chi connectivity index (χ1v) is 11.8. The molecular weight excluding hydrogens is 476 g/mol. The van der Waals surface area contributed by atoms with Gasteiger partial charge in [0.05, 0.1) is 11.2 Å². The van der Waals surface area contributed by atoms with Gasteiger partial charge in [0.2, 0.25) is 5.82 Å². The maximum Gasteiger partial charge on any atom is 0.289 e. The quantitative estimate of drug-likeness (QED) is 0.305. The van der Waals surface area contributed by atoms with Crippen molar-refractivity contribution in [1.82, 2.24) is 25.4 Å². The van der Waals surface area contributed by atoms with Crippen molar-refractivity contribution in [2.45, 2.75) is 26.9 Å². The Bertz CT molecular complexity index is 1530. The van der Waals surface area contributed by atoms with Gasteiger partial charge >= 0.3 is 0 Å². The molecule has 0 saturated heterocycles. The number of fused-ring (bicyclic) bond motifs is 1. The number of halogens is 1. The number of aryl methyl sites for hydroxylation is 2. The van der Waals surface area contributed by atoms with Gasteiger partial charge in [-0.15, -0.1) is 0 Å². The third-order valence-corrected chi connectivity index (χ3v) is 6.01. The number of pyridine rings is 1. The molecule has 0 aliphatic carbocycles. The molecule has 9 heteroatoms. The van der Waals surface area contributed by atoms with Crippen LogP contribution in [0.3, 0.4) is 0 Å². The fourth-order valence-electron chi connectivity index (χ4n) is 4.01. The third-order valence-electron chi connectivity index (χ3n) is 5.77.